The van der Waals surface area contributed by atoms with Crippen LogP contribution >= 0.6 is 0 Å². The molecule has 1 unspecified atom stereocenters. The standard InChI is InChI=1S/C16H16O4S/c1-21(18,19)13-6-2-5-12(10-13)15(17)14-7-3-4-11-8-9-20-16(11)14/h2-7,10,15,17H,8-9H2,1H3. The van der Waals surface area contributed by atoms with Crippen molar-refractivity contribution in [3.8, 4) is 5.75 Å². The molecule has 1 atom stereocenters. The fraction of sp³-hybridized carbons (Fsp3) is 0.250. The zero-order valence-corrected chi connectivity index (χ0v) is 12.4. The summed E-state index contributed by atoms with van der Waals surface area (Å²) in [6.45, 7) is 0.614. The lowest BCUT2D eigenvalue weighted by molar-refractivity contribution is 0.213. The molecule has 0 amide bonds. The van der Waals surface area contributed by atoms with Gasteiger partial charge in [0.2, 0.25) is 0 Å². The molecule has 0 bridgehead atoms. The highest BCUT2D eigenvalue weighted by atomic mass is 32.2. The Morgan fingerprint density at radius 3 is 2.71 bits per heavy atom. The van der Waals surface area contributed by atoms with Gasteiger partial charge in [-0.1, -0.05) is 30.3 Å². The van der Waals surface area contributed by atoms with Gasteiger partial charge in [-0.3, -0.25) is 0 Å². The monoisotopic (exact) mass is 304 g/mol. The Morgan fingerprint density at radius 2 is 1.95 bits per heavy atom. The van der Waals surface area contributed by atoms with Crippen molar-refractivity contribution >= 4 is 9.84 Å². The van der Waals surface area contributed by atoms with E-state index in [1.165, 1.54) is 12.1 Å². The lowest BCUT2D eigenvalue weighted by atomic mass is 9.98. The van der Waals surface area contributed by atoms with Gasteiger partial charge in [0.15, 0.2) is 9.84 Å². The number of aliphatic hydroxyl groups is 1. The number of rotatable bonds is 3. The molecule has 2 aromatic rings. The number of fused-ring (bicyclic) bond motifs is 1. The molecular weight excluding hydrogens is 288 g/mol. The van der Waals surface area contributed by atoms with Crippen molar-refractivity contribution in [2.45, 2.75) is 17.4 Å². The summed E-state index contributed by atoms with van der Waals surface area (Å²) in [4.78, 5) is 0.201. The van der Waals surface area contributed by atoms with Crippen molar-refractivity contribution in [3.05, 3.63) is 59.2 Å². The third-order valence-electron chi connectivity index (χ3n) is 3.64. The maximum atomic E-state index is 11.6. The second-order valence-electron chi connectivity index (χ2n) is 5.18. The number of aliphatic hydroxyl groups excluding tert-OH is 1. The Labute approximate surface area is 123 Å². The Bertz CT molecular complexity index is 781. The van der Waals surface area contributed by atoms with Gasteiger partial charge < -0.3 is 9.84 Å². The van der Waals surface area contributed by atoms with Gasteiger partial charge in [0.25, 0.3) is 0 Å². The first-order valence-corrected chi connectivity index (χ1v) is 8.58. The molecule has 0 spiro atoms. The SMILES string of the molecule is CS(=O)(=O)c1cccc(C(O)c2cccc3c2OCC3)c1. The molecule has 4 nitrogen and oxygen atoms in total. The van der Waals surface area contributed by atoms with Crippen molar-refractivity contribution < 1.29 is 18.3 Å². The molecule has 2 aromatic carbocycles. The topological polar surface area (TPSA) is 63.6 Å². The number of hydrogen-bond donors (Lipinski definition) is 1. The Balaban J connectivity index is 2.04. The van der Waals surface area contributed by atoms with E-state index in [9.17, 15) is 13.5 Å². The predicted octanol–water partition coefficient (Wildman–Crippen LogP) is 2.11. The highest BCUT2D eigenvalue weighted by Gasteiger charge is 2.22. The van der Waals surface area contributed by atoms with Crippen LogP contribution in [0.25, 0.3) is 0 Å². The average molecular weight is 304 g/mol. The van der Waals surface area contributed by atoms with Crippen LogP contribution in [0.15, 0.2) is 47.4 Å². The van der Waals surface area contributed by atoms with Gasteiger partial charge >= 0.3 is 0 Å². The van der Waals surface area contributed by atoms with Gasteiger partial charge in [0.05, 0.1) is 11.5 Å². The molecule has 0 aliphatic carbocycles. The zero-order chi connectivity index (χ0) is 15.0. The zero-order valence-electron chi connectivity index (χ0n) is 11.6. The summed E-state index contributed by atoms with van der Waals surface area (Å²) in [6, 6.07) is 12.1. The van der Waals surface area contributed by atoms with E-state index in [0.717, 1.165) is 24.0 Å². The van der Waals surface area contributed by atoms with Crippen LogP contribution in [0.2, 0.25) is 0 Å². The maximum Gasteiger partial charge on any atom is 0.175 e. The molecule has 0 saturated carbocycles. The van der Waals surface area contributed by atoms with E-state index in [2.05, 4.69) is 0 Å². The van der Waals surface area contributed by atoms with Gasteiger partial charge in [-0.25, -0.2) is 8.42 Å². The summed E-state index contributed by atoms with van der Waals surface area (Å²) in [5.41, 5.74) is 2.29. The molecule has 0 radical (unpaired) electrons. The first-order valence-electron chi connectivity index (χ1n) is 6.69. The first kappa shape index (κ1) is 14.1. The Kier molecular flexibility index (Phi) is 3.47. The Morgan fingerprint density at radius 1 is 1.19 bits per heavy atom. The molecule has 21 heavy (non-hydrogen) atoms. The minimum atomic E-state index is -3.29. The molecule has 110 valence electrons. The third-order valence-corrected chi connectivity index (χ3v) is 4.75. The average Bonchev–Trinajstić information content (AvgIpc) is 2.94. The summed E-state index contributed by atoms with van der Waals surface area (Å²) in [5.74, 6) is 0.717. The summed E-state index contributed by atoms with van der Waals surface area (Å²) >= 11 is 0. The summed E-state index contributed by atoms with van der Waals surface area (Å²) in [6.07, 6.45) is 1.08. The smallest absolute Gasteiger partial charge is 0.175 e. The van der Waals surface area contributed by atoms with E-state index >= 15 is 0 Å². The van der Waals surface area contributed by atoms with Gasteiger partial charge in [0, 0.05) is 18.2 Å². The van der Waals surface area contributed by atoms with Gasteiger partial charge in [-0.05, 0) is 23.3 Å². The number of sulfone groups is 1. The van der Waals surface area contributed by atoms with Gasteiger partial charge in [-0.15, -0.1) is 0 Å². The van der Waals surface area contributed by atoms with Crippen LogP contribution in [0.4, 0.5) is 0 Å². The van der Waals surface area contributed by atoms with Crippen molar-refractivity contribution in [3.63, 3.8) is 0 Å². The van der Waals surface area contributed by atoms with Crippen LogP contribution in [0.5, 0.6) is 5.75 Å². The maximum absolute atomic E-state index is 11.6. The van der Waals surface area contributed by atoms with Crippen LogP contribution in [0, 0.1) is 0 Å². The number of ether oxygens (including phenoxy) is 1. The molecule has 3 rings (SSSR count). The summed E-state index contributed by atoms with van der Waals surface area (Å²) in [5, 5.41) is 10.6. The highest BCUT2D eigenvalue weighted by Crippen LogP contribution is 2.36. The summed E-state index contributed by atoms with van der Waals surface area (Å²) in [7, 11) is -3.29. The third kappa shape index (κ3) is 2.66. The van der Waals surface area contributed by atoms with Crippen molar-refractivity contribution in [2.75, 3.05) is 12.9 Å². The summed E-state index contributed by atoms with van der Waals surface area (Å²) < 4.78 is 28.8. The highest BCUT2D eigenvalue weighted by molar-refractivity contribution is 7.90. The first-order chi connectivity index (χ1) is 9.97. The number of benzene rings is 2. The van der Waals surface area contributed by atoms with Crippen LogP contribution in [-0.2, 0) is 16.3 Å². The molecule has 0 aromatic heterocycles. The van der Waals surface area contributed by atoms with E-state index in [0.29, 0.717) is 17.7 Å². The molecule has 0 saturated heterocycles. The molecule has 1 aliphatic heterocycles. The second kappa shape index (κ2) is 5.16. The van der Waals surface area contributed by atoms with E-state index in [-0.39, 0.29) is 4.90 Å². The van der Waals surface area contributed by atoms with Crippen LogP contribution in [0.3, 0.4) is 0 Å². The van der Waals surface area contributed by atoms with Crippen molar-refractivity contribution in [2.24, 2.45) is 0 Å². The molecule has 5 heteroatoms. The Hall–Kier alpha value is -1.85. The normalized spacial score (nSPS) is 15.3. The van der Waals surface area contributed by atoms with Crippen molar-refractivity contribution in [1.29, 1.82) is 0 Å². The fourth-order valence-electron chi connectivity index (χ4n) is 2.55. The van der Waals surface area contributed by atoms with Gasteiger partial charge in [0.1, 0.15) is 11.9 Å². The van der Waals surface area contributed by atoms with E-state index in [4.69, 9.17) is 4.74 Å². The molecule has 1 aliphatic rings. The van der Waals surface area contributed by atoms with Gasteiger partial charge in [-0.2, -0.15) is 0 Å². The molecule has 1 heterocycles. The quantitative estimate of drug-likeness (QED) is 0.943. The fourth-order valence-corrected chi connectivity index (χ4v) is 3.23. The predicted molar refractivity (Wildman–Crippen MR) is 79.3 cm³/mol. The van der Waals surface area contributed by atoms with Crippen LogP contribution < -0.4 is 4.74 Å². The lowest BCUT2D eigenvalue weighted by Gasteiger charge is -2.15. The minimum absolute atomic E-state index is 0.201. The molecule has 1 N–H and O–H groups in total. The van der Waals surface area contributed by atoms with E-state index in [1.54, 1.807) is 12.1 Å². The second-order valence-corrected chi connectivity index (χ2v) is 7.20. The number of hydrogen-bond acceptors (Lipinski definition) is 4. The lowest BCUT2D eigenvalue weighted by Crippen LogP contribution is -2.04. The van der Waals surface area contributed by atoms with Crippen molar-refractivity contribution in [1.82, 2.24) is 0 Å². The molecule has 0 fully saturated rings. The van der Waals surface area contributed by atoms with Crippen LogP contribution in [-0.4, -0.2) is 26.4 Å². The largest absolute Gasteiger partial charge is 0.493 e. The van der Waals surface area contributed by atoms with Crippen LogP contribution in [0.1, 0.15) is 22.8 Å². The van der Waals surface area contributed by atoms with E-state index in [1.807, 2.05) is 18.2 Å². The number of para-hydroxylation sites is 1. The van der Waals surface area contributed by atoms with E-state index < -0.39 is 15.9 Å². The minimum Gasteiger partial charge on any atom is -0.493 e. The molecular formula is C16H16O4S.